The van der Waals surface area contributed by atoms with Gasteiger partial charge in [0.1, 0.15) is 5.92 Å². The molecule has 1 heterocycles. The van der Waals surface area contributed by atoms with Crippen molar-refractivity contribution in [1.29, 1.82) is 0 Å². The summed E-state index contributed by atoms with van der Waals surface area (Å²) in [4.78, 5) is 23.1. The molecule has 23 heavy (non-hydrogen) atoms. The summed E-state index contributed by atoms with van der Waals surface area (Å²) in [5, 5.41) is 16.7. The summed E-state index contributed by atoms with van der Waals surface area (Å²) in [6.07, 6.45) is 1.75. The fraction of sp³-hybridized carbons (Fsp3) is 0.312. The third-order valence-electron chi connectivity index (χ3n) is 3.38. The van der Waals surface area contributed by atoms with E-state index in [1.807, 2.05) is 12.1 Å². The number of carboxylic acid groups (broad SMARTS) is 1. The highest BCUT2D eigenvalue weighted by Gasteiger charge is 2.29. The fourth-order valence-corrected chi connectivity index (χ4v) is 2.39. The van der Waals surface area contributed by atoms with Crippen molar-refractivity contribution in [3.05, 3.63) is 47.2 Å². The maximum Gasteiger partial charge on any atom is 0.316 e. The topological polar surface area (TPSA) is 84.2 Å². The molecule has 0 aliphatic heterocycles. The van der Waals surface area contributed by atoms with Gasteiger partial charge in [-0.25, -0.2) is 4.68 Å². The minimum absolute atomic E-state index is 0.170. The van der Waals surface area contributed by atoms with Gasteiger partial charge in [-0.15, -0.1) is 0 Å². The smallest absolute Gasteiger partial charge is 0.316 e. The number of benzene rings is 1. The Balaban J connectivity index is 2.02. The normalized spacial score (nSPS) is 12.2. The molecule has 1 aromatic heterocycles. The van der Waals surface area contributed by atoms with Crippen LogP contribution >= 0.6 is 11.6 Å². The Bertz CT molecular complexity index is 712. The Morgan fingerprint density at radius 1 is 1.35 bits per heavy atom. The Morgan fingerprint density at radius 2 is 2.09 bits per heavy atom. The largest absolute Gasteiger partial charge is 0.481 e. The lowest BCUT2D eigenvalue weighted by Gasteiger charge is -2.15. The van der Waals surface area contributed by atoms with Gasteiger partial charge < -0.3 is 10.4 Å². The van der Waals surface area contributed by atoms with Gasteiger partial charge in [0.2, 0.25) is 5.91 Å². The molecule has 0 saturated heterocycles. The molecule has 1 amide bonds. The van der Waals surface area contributed by atoms with E-state index in [-0.39, 0.29) is 12.5 Å². The molecule has 0 fully saturated rings. The lowest BCUT2D eigenvalue weighted by Crippen LogP contribution is -2.38. The van der Waals surface area contributed by atoms with E-state index in [2.05, 4.69) is 10.4 Å². The summed E-state index contributed by atoms with van der Waals surface area (Å²) in [5.41, 5.74) is 1.44. The van der Waals surface area contributed by atoms with Gasteiger partial charge in [-0.2, -0.15) is 5.10 Å². The van der Waals surface area contributed by atoms with Crippen LogP contribution in [0, 0.1) is 11.8 Å². The molecule has 6 nitrogen and oxygen atoms in total. The van der Waals surface area contributed by atoms with Crippen molar-refractivity contribution in [3.8, 4) is 5.69 Å². The number of aromatic nitrogens is 2. The molecular formula is C16H18ClN3O3. The van der Waals surface area contributed by atoms with Gasteiger partial charge in [-0.05, 0) is 30.2 Å². The number of carbonyl (C=O) groups is 2. The fourth-order valence-electron chi connectivity index (χ4n) is 2.21. The van der Waals surface area contributed by atoms with E-state index in [0.29, 0.717) is 10.7 Å². The lowest BCUT2D eigenvalue weighted by molar-refractivity contribution is -0.148. The second-order valence-electron chi connectivity index (χ2n) is 5.51. The van der Waals surface area contributed by atoms with Crippen molar-refractivity contribution in [1.82, 2.24) is 15.1 Å². The third kappa shape index (κ3) is 4.32. The average molecular weight is 336 g/mol. The second kappa shape index (κ2) is 7.28. The standard InChI is InChI=1S/C16H18ClN3O3/c1-10(2)14(16(22)23)15(21)18-9-12-6-7-20(19-12)13-5-3-4-11(17)8-13/h3-8,10,14H,9H2,1-2H3,(H,18,21)(H,22,23). The SMILES string of the molecule is CC(C)C(C(=O)O)C(=O)NCc1ccn(-c2cccc(Cl)c2)n1. The van der Waals surface area contributed by atoms with Crippen molar-refractivity contribution in [2.45, 2.75) is 20.4 Å². The van der Waals surface area contributed by atoms with E-state index >= 15 is 0 Å². The summed E-state index contributed by atoms with van der Waals surface area (Å²) in [6.45, 7) is 3.57. The molecule has 0 spiro atoms. The van der Waals surface area contributed by atoms with E-state index in [9.17, 15) is 9.59 Å². The van der Waals surface area contributed by atoms with Gasteiger partial charge in [0.05, 0.1) is 17.9 Å². The van der Waals surface area contributed by atoms with Crippen molar-refractivity contribution >= 4 is 23.5 Å². The summed E-state index contributed by atoms with van der Waals surface area (Å²) in [6, 6.07) is 8.98. The van der Waals surface area contributed by atoms with Crippen LogP contribution in [0.2, 0.25) is 5.02 Å². The van der Waals surface area contributed by atoms with Crippen LogP contribution in [0.25, 0.3) is 5.69 Å². The summed E-state index contributed by atoms with van der Waals surface area (Å²) in [7, 11) is 0. The van der Waals surface area contributed by atoms with Gasteiger partial charge in [0.25, 0.3) is 0 Å². The molecule has 1 aromatic carbocycles. The molecule has 2 N–H and O–H groups in total. The summed E-state index contributed by atoms with van der Waals surface area (Å²) < 4.78 is 1.64. The van der Waals surface area contributed by atoms with Crippen LogP contribution in [0.15, 0.2) is 36.5 Å². The first-order valence-corrected chi connectivity index (χ1v) is 7.57. The molecule has 2 aromatic rings. The number of nitrogens with one attached hydrogen (secondary N) is 1. The maximum absolute atomic E-state index is 12.0. The number of carboxylic acids is 1. The van der Waals surface area contributed by atoms with Gasteiger partial charge in [-0.3, -0.25) is 9.59 Å². The predicted octanol–water partition coefficient (Wildman–Crippen LogP) is 2.50. The molecule has 1 unspecified atom stereocenters. The van der Waals surface area contributed by atoms with Crippen LogP contribution in [0.3, 0.4) is 0 Å². The van der Waals surface area contributed by atoms with E-state index < -0.39 is 17.8 Å². The minimum atomic E-state index is -1.12. The number of carbonyl (C=O) groups excluding carboxylic acids is 1. The van der Waals surface area contributed by atoms with Crippen molar-refractivity contribution in [3.63, 3.8) is 0 Å². The molecule has 122 valence electrons. The van der Waals surface area contributed by atoms with Crippen LogP contribution in [0.5, 0.6) is 0 Å². The molecule has 0 radical (unpaired) electrons. The average Bonchev–Trinajstić information content (AvgIpc) is 2.93. The van der Waals surface area contributed by atoms with Crippen molar-refractivity contribution in [2.24, 2.45) is 11.8 Å². The number of hydrogen-bond donors (Lipinski definition) is 2. The zero-order chi connectivity index (χ0) is 17.0. The zero-order valence-corrected chi connectivity index (χ0v) is 13.6. The Kier molecular flexibility index (Phi) is 5.39. The number of amides is 1. The Hall–Kier alpha value is -2.34. The molecule has 0 aliphatic rings. The highest BCUT2D eigenvalue weighted by molar-refractivity contribution is 6.30. The van der Waals surface area contributed by atoms with Crippen molar-refractivity contribution in [2.75, 3.05) is 0 Å². The number of aliphatic carboxylic acids is 1. The maximum atomic E-state index is 12.0. The van der Waals surface area contributed by atoms with E-state index in [1.54, 1.807) is 42.9 Å². The van der Waals surface area contributed by atoms with Crippen LogP contribution in [-0.2, 0) is 16.1 Å². The quantitative estimate of drug-likeness (QED) is 0.794. The Labute approximate surface area is 139 Å². The summed E-state index contributed by atoms with van der Waals surface area (Å²) >= 11 is 5.94. The molecular weight excluding hydrogens is 318 g/mol. The number of halogens is 1. The zero-order valence-electron chi connectivity index (χ0n) is 12.9. The van der Waals surface area contributed by atoms with Gasteiger partial charge in [0, 0.05) is 11.2 Å². The van der Waals surface area contributed by atoms with Crippen LogP contribution in [0.4, 0.5) is 0 Å². The first-order valence-electron chi connectivity index (χ1n) is 7.19. The van der Waals surface area contributed by atoms with E-state index in [1.165, 1.54) is 0 Å². The van der Waals surface area contributed by atoms with E-state index in [0.717, 1.165) is 5.69 Å². The molecule has 7 heteroatoms. The second-order valence-corrected chi connectivity index (χ2v) is 5.95. The number of nitrogens with zero attached hydrogens (tertiary/aromatic N) is 2. The molecule has 0 bridgehead atoms. The monoisotopic (exact) mass is 335 g/mol. The van der Waals surface area contributed by atoms with Crippen molar-refractivity contribution < 1.29 is 14.7 Å². The predicted molar refractivity (Wildman–Crippen MR) is 86.4 cm³/mol. The molecule has 1 atom stereocenters. The van der Waals surface area contributed by atoms with Crippen LogP contribution < -0.4 is 5.32 Å². The summed E-state index contributed by atoms with van der Waals surface area (Å²) in [5.74, 6) is -2.98. The van der Waals surface area contributed by atoms with Gasteiger partial charge >= 0.3 is 5.97 Å². The first-order chi connectivity index (χ1) is 10.9. The third-order valence-corrected chi connectivity index (χ3v) is 3.61. The van der Waals surface area contributed by atoms with Gasteiger partial charge in [0.15, 0.2) is 0 Å². The minimum Gasteiger partial charge on any atom is -0.481 e. The van der Waals surface area contributed by atoms with E-state index in [4.69, 9.17) is 16.7 Å². The van der Waals surface area contributed by atoms with Crippen LogP contribution in [0.1, 0.15) is 19.5 Å². The number of rotatable bonds is 6. The number of hydrogen-bond acceptors (Lipinski definition) is 3. The molecule has 0 aliphatic carbocycles. The highest BCUT2D eigenvalue weighted by Crippen LogP contribution is 2.15. The molecule has 0 saturated carbocycles. The van der Waals surface area contributed by atoms with Crippen LogP contribution in [-0.4, -0.2) is 26.8 Å². The highest BCUT2D eigenvalue weighted by atomic mass is 35.5. The van der Waals surface area contributed by atoms with Gasteiger partial charge in [-0.1, -0.05) is 31.5 Å². The first kappa shape index (κ1) is 17.0. The molecule has 2 rings (SSSR count). The lowest BCUT2D eigenvalue weighted by atomic mass is 9.95. The Morgan fingerprint density at radius 3 is 2.70 bits per heavy atom.